The molecule has 1 heterocycles. The number of furan rings is 1. The summed E-state index contributed by atoms with van der Waals surface area (Å²) >= 11 is 0. The van der Waals surface area contributed by atoms with Crippen molar-refractivity contribution in [3.63, 3.8) is 0 Å². The van der Waals surface area contributed by atoms with E-state index in [-0.39, 0.29) is 23.2 Å². The third kappa shape index (κ3) is 5.48. The zero-order chi connectivity index (χ0) is 21.5. The summed E-state index contributed by atoms with van der Waals surface area (Å²) in [4.78, 5) is 12.8. The number of carbonyl (C=O) groups is 1. The first-order valence-electron chi connectivity index (χ1n) is 9.22. The van der Waals surface area contributed by atoms with Gasteiger partial charge in [-0.05, 0) is 54.4 Å². The molecule has 3 aromatic rings. The Morgan fingerprint density at radius 1 is 1.07 bits per heavy atom. The lowest BCUT2D eigenvalue weighted by Crippen LogP contribution is -2.25. The van der Waals surface area contributed by atoms with Gasteiger partial charge in [0.1, 0.15) is 23.1 Å². The summed E-state index contributed by atoms with van der Waals surface area (Å²) in [7, 11) is 1.77. The van der Waals surface area contributed by atoms with E-state index in [1.807, 2.05) is 12.1 Å². The minimum absolute atomic E-state index is 0.0992. The summed E-state index contributed by atoms with van der Waals surface area (Å²) in [5.41, 5.74) is 0.938. The van der Waals surface area contributed by atoms with Crippen LogP contribution in [0.1, 0.15) is 21.9 Å². The highest BCUT2D eigenvalue weighted by atomic mass is 32.2. The molecule has 8 heteroatoms. The van der Waals surface area contributed by atoms with Crippen LogP contribution in [0.2, 0.25) is 0 Å². The van der Waals surface area contributed by atoms with Gasteiger partial charge in [-0.2, -0.15) is 0 Å². The Labute approximate surface area is 176 Å². The zero-order valence-electron chi connectivity index (χ0n) is 16.6. The number of amides is 1. The third-order valence-electron chi connectivity index (χ3n) is 4.41. The zero-order valence-corrected chi connectivity index (χ0v) is 17.5. The minimum atomic E-state index is -1.40. The lowest BCUT2D eigenvalue weighted by Gasteiger charge is -2.10. The van der Waals surface area contributed by atoms with Crippen molar-refractivity contribution in [2.24, 2.45) is 0 Å². The van der Waals surface area contributed by atoms with Gasteiger partial charge in [0.2, 0.25) is 0 Å². The molecular weight excluding hydrogens is 409 g/mol. The van der Waals surface area contributed by atoms with Gasteiger partial charge in [0, 0.05) is 17.5 Å². The first-order valence-corrected chi connectivity index (χ1v) is 10.5. The van der Waals surface area contributed by atoms with E-state index in [0.717, 1.165) is 5.56 Å². The first-order chi connectivity index (χ1) is 14.5. The van der Waals surface area contributed by atoms with Crippen molar-refractivity contribution in [2.75, 3.05) is 20.8 Å². The first kappa shape index (κ1) is 21.6. The lowest BCUT2D eigenvalue weighted by molar-refractivity contribution is 0.0925. The molecule has 3 rings (SSSR count). The van der Waals surface area contributed by atoms with Gasteiger partial charge in [-0.3, -0.25) is 9.00 Å². The van der Waals surface area contributed by atoms with E-state index in [1.54, 1.807) is 32.4 Å². The number of hydrogen-bond acceptors (Lipinski definition) is 5. The lowest BCUT2D eigenvalue weighted by atomic mass is 10.1. The van der Waals surface area contributed by atoms with Gasteiger partial charge in [0.15, 0.2) is 5.76 Å². The maximum absolute atomic E-state index is 13.0. The fourth-order valence-electron chi connectivity index (χ4n) is 2.83. The third-order valence-corrected chi connectivity index (χ3v) is 5.75. The highest BCUT2D eigenvalue weighted by Gasteiger charge is 2.14. The van der Waals surface area contributed by atoms with Crippen LogP contribution in [0.25, 0.3) is 0 Å². The number of methoxy groups -OCH3 is 2. The Morgan fingerprint density at radius 2 is 1.83 bits per heavy atom. The molecule has 0 aliphatic rings. The normalized spacial score (nSPS) is 11.7. The maximum atomic E-state index is 13.0. The number of nitrogens with one attached hydrogen (secondary N) is 1. The number of benzene rings is 2. The van der Waals surface area contributed by atoms with Crippen LogP contribution in [0, 0.1) is 5.82 Å². The molecule has 158 valence electrons. The molecule has 1 aromatic heterocycles. The smallest absolute Gasteiger partial charge is 0.287 e. The average Bonchev–Trinajstić information content (AvgIpc) is 3.22. The minimum Gasteiger partial charge on any atom is -0.497 e. The van der Waals surface area contributed by atoms with Gasteiger partial charge in [-0.25, -0.2) is 4.39 Å². The standard InChI is InChI=1S/C22H22FNO5S/c1-27-17-6-3-15(21(13-17)28-2)11-12-24-22(25)20-10-7-18(29-20)14-30(26)19-8-4-16(23)5-9-19/h3-10,13H,11-12,14H2,1-2H3,(H,24,25)/t30-/m1/s1. The van der Waals surface area contributed by atoms with E-state index < -0.39 is 10.8 Å². The highest BCUT2D eigenvalue weighted by molar-refractivity contribution is 7.84. The molecule has 1 atom stereocenters. The molecule has 0 spiro atoms. The Balaban J connectivity index is 1.54. The summed E-state index contributed by atoms with van der Waals surface area (Å²) in [5.74, 6) is 1.29. The fourth-order valence-corrected chi connectivity index (χ4v) is 3.85. The second-order valence-electron chi connectivity index (χ2n) is 6.39. The van der Waals surface area contributed by atoms with Crippen molar-refractivity contribution in [3.05, 3.63) is 77.5 Å². The fraction of sp³-hybridized carbons (Fsp3) is 0.227. The number of halogens is 1. The SMILES string of the molecule is COc1ccc(CCNC(=O)c2ccc(C[S@@](=O)c3ccc(F)cc3)o2)c(OC)c1. The number of ether oxygens (including phenoxy) is 2. The Kier molecular flexibility index (Phi) is 7.24. The van der Waals surface area contributed by atoms with E-state index >= 15 is 0 Å². The summed E-state index contributed by atoms with van der Waals surface area (Å²) < 4.78 is 41.4. The summed E-state index contributed by atoms with van der Waals surface area (Å²) in [5, 5.41) is 2.79. The molecule has 1 N–H and O–H groups in total. The Hall–Kier alpha value is -3.13. The van der Waals surface area contributed by atoms with E-state index in [1.165, 1.54) is 24.3 Å². The molecule has 0 bridgehead atoms. The summed E-state index contributed by atoms with van der Waals surface area (Å²) in [6.07, 6.45) is 0.570. The number of rotatable bonds is 9. The van der Waals surface area contributed by atoms with Crippen molar-refractivity contribution in [1.29, 1.82) is 0 Å². The van der Waals surface area contributed by atoms with E-state index in [9.17, 15) is 13.4 Å². The van der Waals surface area contributed by atoms with Crippen LogP contribution in [0.5, 0.6) is 11.5 Å². The van der Waals surface area contributed by atoms with Crippen LogP contribution < -0.4 is 14.8 Å². The molecule has 30 heavy (non-hydrogen) atoms. The van der Waals surface area contributed by atoms with Gasteiger partial charge in [-0.1, -0.05) is 6.07 Å². The largest absolute Gasteiger partial charge is 0.497 e. The van der Waals surface area contributed by atoms with Gasteiger partial charge in [0.25, 0.3) is 5.91 Å². The predicted molar refractivity (Wildman–Crippen MR) is 111 cm³/mol. The Morgan fingerprint density at radius 3 is 2.53 bits per heavy atom. The molecule has 0 unspecified atom stereocenters. The monoisotopic (exact) mass is 431 g/mol. The van der Waals surface area contributed by atoms with Gasteiger partial charge in [0.05, 0.1) is 30.8 Å². The number of hydrogen-bond donors (Lipinski definition) is 1. The van der Waals surface area contributed by atoms with Crippen LogP contribution >= 0.6 is 0 Å². The van der Waals surface area contributed by atoms with Crippen molar-refractivity contribution in [3.8, 4) is 11.5 Å². The van der Waals surface area contributed by atoms with Crippen LogP contribution in [0.4, 0.5) is 4.39 Å². The van der Waals surface area contributed by atoms with E-state index in [0.29, 0.717) is 35.1 Å². The number of carbonyl (C=O) groups excluding carboxylic acids is 1. The average molecular weight is 431 g/mol. The van der Waals surface area contributed by atoms with E-state index in [2.05, 4.69) is 5.32 Å². The Bertz CT molecular complexity index is 1030. The van der Waals surface area contributed by atoms with Crippen LogP contribution in [-0.4, -0.2) is 30.9 Å². The molecule has 0 aliphatic carbocycles. The summed E-state index contributed by atoms with van der Waals surface area (Å²) in [6, 6.07) is 14.1. The molecule has 0 saturated carbocycles. The molecule has 0 saturated heterocycles. The van der Waals surface area contributed by atoms with Crippen molar-refractivity contribution < 1.29 is 27.3 Å². The quantitative estimate of drug-likeness (QED) is 0.559. The topological polar surface area (TPSA) is 77.8 Å². The van der Waals surface area contributed by atoms with Crippen LogP contribution in [0.3, 0.4) is 0 Å². The maximum Gasteiger partial charge on any atom is 0.287 e. The molecule has 1 amide bonds. The molecule has 0 radical (unpaired) electrons. The van der Waals surface area contributed by atoms with Gasteiger partial charge < -0.3 is 19.2 Å². The molecule has 0 aliphatic heterocycles. The van der Waals surface area contributed by atoms with Crippen molar-refractivity contribution in [2.45, 2.75) is 17.1 Å². The van der Waals surface area contributed by atoms with Crippen molar-refractivity contribution >= 4 is 16.7 Å². The van der Waals surface area contributed by atoms with Crippen molar-refractivity contribution in [1.82, 2.24) is 5.32 Å². The van der Waals surface area contributed by atoms with Crippen LogP contribution in [-0.2, 0) is 23.0 Å². The molecule has 0 fully saturated rings. The molecule has 2 aromatic carbocycles. The van der Waals surface area contributed by atoms with E-state index in [4.69, 9.17) is 13.9 Å². The molecular formula is C22H22FNO5S. The van der Waals surface area contributed by atoms with Gasteiger partial charge in [-0.15, -0.1) is 0 Å². The predicted octanol–water partition coefficient (Wildman–Crippen LogP) is 3.72. The molecule has 6 nitrogen and oxygen atoms in total. The second-order valence-corrected chi connectivity index (χ2v) is 7.84. The second kappa shape index (κ2) is 10.1. The summed E-state index contributed by atoms with van der Waals surface area (Å²) in [6.45, 7) is 0.388. The highest BCUT2D eigenvalue weighted by Crippen LogP contribution is 2.24. The van der Waals surface area contributed by atoms with Gasteiger partial charge >= 0.3 is 0 Å². The van der Waals surface area contributed by atoms with Crippen LogP contribution in [0.15, 0.2) is 63.9 Å².